The molecule has 0 amide bonds. The van der Waals surface area contributed by atoms with Gasteiger partial charge in [-0.2, -0.15) is 26.3 Å². The zero-order valence-electron chi connectivity index (χ0n) is 12.0. The number of ether oxygens (including phenoxy) is 1. The monoisotopic (exact) mass is 337 g/mol. The zero-order valence-corrected chi connectivity index (χ0v) is 12.0. The van der Waals surface area contributed by atoms with Crippen molar-refractivity contribution in [3.8, 4) is 0 Å². The molecule has 0 saturated heterocycles. The first kappa shape index (κ1) is 20.7. The summed E-state index contributed by atoms with van der Waals surface area (Å²) >= 11 is 0. The molecule has 0 aliphatic heterocycles. The zero-order chi connectivity index (χ0) is 17.8. The molecule has 0 spiro atoms. The Morgan fingerprint density at radius 3 is 2.00 bits per heavy atom. The Hall–Kier alpha value is -1.28. The van der Waals surface area contributed by atoms with Crippen molar-refractivity contribution in [2.24, 2.45) is 0 Å². The van der Waals surface area contributed by atoms with Gasteiger partial charge in [0.1, 0.15) is 0 Å². The molecule has 0 aromatic rings. The van der Waals surface area contributed by atoms with Gasteiger partial charge in [-0.1, -0.05) is 13.5 Å². The average Bonchev–Trinajstić information content (AvgIpc) is 2.42. The smallest absolute Gasteiger partial charge is 0.384 e. The van der Waals surface area contributed by atoms with Gasteiger partial charge in [-0.3, -0.25) is 0 Å². The van der Waals surface area contributed by atoms with E-state index in [-0.39, 0.29) is 5.57 Å². The standard InChI is InChI=1S/C13H16F7O2/c1-4-11(16,6-5-7-22-9(21)8(2)3)13(19,20)12(17,18)10(14)15/h2,4-7H2,1,3H3. The number of rotatable bonds is 9. The topological polar surface area (TPSA) is 26.3 Å². The second kappa shape index (κ2) is 7.32. The van der Waals surface area contributed by atoms with Crippen LogP contribution >= 0.6 is 0 Å². The summed E-state index contributed by atoms with van der Waals surface area (Å²) in [5, 5.41) is 0. The van der Waals surface area contributed by atoms with E-state index in [0.29, 0.717) is 0 Å². The molecule has 0 aromatic heterocycles. The van der Waals surface area contributed by atoms with Crippen molar-refractivity contribution < 1.29 is 40.3 Å². The van der Waals surface area contributed by atoms with Gasteiger partial charge in [0.05, 0.1) is 6.61 Å². The van der Waals surface area contributed by atoms with Crippen molar-refractivity contribution >= 4 is 5.97 Å². The van der Waals surface area contributed by atoms with Crippen LogP contribution in [0.2, 0.25) is 0 Å². The maximum Gasteiger partial charge on any atom is 0.384 e. The number of hydrogen-bond acceptors (Lipinski definition) is 2. The maximum atomic E-state index is 14.1. The van der Waals surface area contributed by atoms with Crippen LogP contribution in [0.25, 0.3) is 0 Å². The molecule has 0 saturated carbocycles. The Kier molecular flexibility index (Phi) is 6.90. The first-order valence-corrected chi connectivity index (χ1v) is 6.29. The fraction of sp³-hybridized carbons (Fsp3) is 0.692. The van der Waals surface area contributed by atoms with Crippen LogP contribution in [0.5, 0.6) is 0 Å². The number of alkyl halides is 5. The molecule has 22 heavy (non-hydrogen) atoms. The van der Waals surface area contributed by atoms with E-state index in [4.69, 9.17) is 0 Å². The van der Waals surface area contributed by atoms with Crippen LogP contribution in [0.3, 0.4) is 0 Å². The van der Waals surface area contributed by atoms with Crippen LogP contribution in [0.4, 0.5) is 30.7 Å². The number of hydrogen-bond donors (Lipinski definition) is 0. The van der Waals surface area contributed by atoms with Crippen molar-refractivity contribution in [3.05, 3.63) is 18.6 Å². The molecule has 0 heterocycles. The quantitative estimate of drug-likeness (QED) is 0.264. The van der Waals surface area contributed by atoms with E-state index in [1.165, 1.54) is 6.92 Å². The van der Waals surface area contributed by atoms with E-state index < -0.39 is 55.8 Å². The van der Waals surface area contributed by atoms with E-state index in [2.05, 4.69) is 11.3 Å². The second-order valence-electron chi connectivity index (χ2n) is 4.75. The predicted molar refractivity (Wildman–Crippen MR) is 64.5 cm³/mol. The minimum absolute atomic E-state index is 0.00738. The third kappa shape index (κ3) is 4.13. The predicted octanol–water partition coefficient (Wildman–Crippen LogP) is 4.70. The SMILES string of the molecule is C=C(C)C(=O)OCCCC(F)(CC)C(F)(F)C(F)(F)[C](F)F. The van der Waals surface area contributed by atoms with Gasteiger partial charge < -0.3 is 4.74 Å². The van der Waals surface area contributed by atoms with E-state index in [0.717, 1.165) is 6.92 Å². The normalized spacial score (nSPS) is 15.5. The summed E-state index contributed by atoms with van der Waals surface area (Å²) in [6.45, 7) is 4.85. The molecule has 9 heteroatoms. The molecule has 2 nitrogen and oxygen atoms in total. The summed E-state index contributed by atoms with van der Waals surface area (Å²) in [4.78, 5) is 11.0. The van der Waals surface area contributed by atoms with Gasteiger partial charge in [0.15, 0.2) is 5.67 Å². The minimum Gasteiger partial charge on any atom is -0.462 e. The highest BCUT2D eigenvalue weighted by atomic mass is 19.3. The summed E-state index contributed by atoms with van der Waals surface area (Å²) in [7, 11) is 0. The lowest BCUT2D eigenvalue weighted by molar-refractivity contribution is -0.286. The molecule has 1 unspecified atom stereocenters. The lowest BCUT2D eigenvalue weighted by Crippen LogP contribution is -2.57. The number of carbonyl (C=O) groups is 1. The second-order valence-corrected chi connectivity index (χ2v) is 4.75. The third-order valence-electron chi connectivity index (χ3n) is 3.05. The number of halogens is 7. The van der Waals surface area contributed by atoms with Crippen LogP contribution in [0.15, 0.2) is 12.2 Å². The average molecular weight is 337 g/mol. The van der Waals surface area contributed by atoms with Gasteiger partial charge in [0, 0.05) is 5.57 Å². The van der Waals surface area contributed by atoms with Crippen molar-refractivity contribution in [2.75, 3.05) is 6.61 Å². The van der Waals surface area contributed by atoms with Gasteiger partial charge >= 0.3 is 24.2 Å². The van der Waals surface area contributed by atoms with Crippen molar-refractivity contribution in [1.29, 1.82) is 0 Å². The van der Waals surface area contributed by atoms with Gasteiger partial charge in [0.2, 0.25) is 0 Å². The molecule has 1 atom stereocenters. The molecular weight excluding hydrogens is 321 g/mol. The van der Waals surface area contributed by atoms with Gasteiger partial charge in [-0.25, -0.2) is 9.18 Å². The van der Waals surface area contributed by atoms with Crippen molar-refractivity contribution in [3.63, 3.8) is 0 Å². The highest BCUT2D eigenvalue weighted by Crippen LogP contribution is 2.52. The van der Waals surface area contributed by atoms with Crippen LogP contribution < -0.4 is 0 Å². The molecule has 0 aromatic carbocycles. The van der Waals surface area contributed by atoms with Crippen LogP contribution in [0.1, 0.15) is 33.1 Å². The Balaban J connectivity index is 4.90. The Morgan fingerprint density at radius 1 is 1.14 bits per heavy atom. The van der Waals surface area contributed by atoms with Crippen molar-refractivity contribution in [1.82, 2.24) is 0 Å². The molecule has 1 radical (unpaired) electrons. The first-order chi connectivity index (χ1) is 9.83. The first-order valence-electron chi connectivity index (χ1n) is 6.29. The number of esters is 1. The molecular formula is C13H16F7O2. The Morgan fingerprint density at radius 2 is 1.64 bits per heavy atom. The van der Waals surface area contributed by atoms with E-state index in [9.17, 15) is 35.5 Å². The van der Waals surface area contributed by atoms with Crippen molar-refractivity contribution in [2.45, 2.75) is 50.6 Å². The van der Waals surface area contributed by atoms with Crippen LogP contribution in [0, 0.1) is 6.43 Å². The van der Waals surface area contributed by atoms with Gasteiger partial charge in [0.25, 0.3) is 0 Å². The van der Waals surface area contributed by atoms with E-state index in [1.807, 2.05) is 0 Å². The van der Waals surface area contributed by atoms with Gasteiger partial charge in [-0.15, -0.1) is 0 Å². The number of carbonyl (C=O) groups excluding carboxylic acids is 1. The minimum atomic E-state index is -5.88. The molecule has 0 bridgehead atoms. The summed E-state index contributed by atoms with van der Waals surface area (Å²) in [5.74, 6) is -12.3. The fourth-order valence-corrected chi connectivity index (χ4v) is 1.60. The maximum absolute atomic E-state index is 14.1. The molecule has 0 N–H and O–H groups in total. The lowest BCUT2D eigenvalue weighted by atomic mass is 9.86. The van der Waals surface area contributed by atoms with Crippen LogP contribution in [-0.4, -0.2) is 30.1 Å². The Bertz CT molecular complexity index is 409. The lowest BCUT2D eigenvalue weighted by Gasteiger charge is -2.36. The van der Waals surface area contributed by atoms with E-state index in [1.54, 1.807) is 0 Å². The largest absolute Gasteiger partial charge is 0.462 e. The van der Waals surface area contributed by atoms with E-state index >= 15 is 0 Å². The molecule has 129 valence electrons. The molecule has 0 rings (SSSR count). The van der Waals surface area contributed by atoms with Gasteiger partial charge in [-0.05, 0) is 26.2 Å². The summed E-state index contributed by atoms with van der Waals surface area (Å²) in [6.07, 6.45) is -6.69. The summed E-state index contributed by atoms with van der Waals surface area (Å²) in [5.41, 5.74) is -3.86. The molecule has 0 aliphatic carbocycles. The molecule has 0 fully saturated rings. The summed E-state index contributed by atoms with van der Waals surface area (Å²) in [6, 6.07) is 0. The Labute approximate surface area is 123 Å². The highest BCUT2D eigenvalue weighted by Gasteiger charge is 2.73. The van der Waals surface area contributed by atoms with Crippen LogP contribution in [-0.2, 0) is 9.53 Å². The fourth-order valence-electron chi connectivity index (χ4n) is 1.60. The summed E-state index contributed by atoms with van der Waals surface area (Å²) < 4.78 is 95.3. The third-order valence-corrected chi connectivity index (χ3v) is 3.05. The molecule has 0 aliphatic rings. The highest BCUT2D eigenvalue weighted by molar-refractivity contribution is 5.86.